The number of esters is 2. The van der Waals surface area contributed by atoms with Crippen LogP contribution in [-0.2, 0) is 39.4 Å². The van der Waals surface area contributed by atoms with Gasteiger partial charge in [-0.1, -0.05) is 0 Å². The van der Waals surface area contributed by atoms with Gasteiger partial charge in [0.15, 0.2) is 25.1 Å². The Morgan fingerprint density at radius 1 is 0.970 bits per heavy atom. The van der Waals surface area contributed by atoms with Crippen LogP contribution < -0.4 is 5.73 Å². The molecule has 2 aromatic rings. The molecule has 0 bridgehead atoms. The van der Waals surface area contributed by atoms with E-state index in [4.69, 9.17) is 29.0 Å². The molecular weight excluding hydrogens is 453 g/mol. The molecule has 0 amide bonds. The highest BCUT2D eigenvalue weighted by Gasteiger charge is 2.25. The fraction of sp³-hybridized carbons (Fsp3) is 0.650. The molecule has 0 aliphatic rings. The summed E-state index contributed by atoms with van der Waals surface area (Å²) in [6.45, 7) is 10.6. The fourth-order valence-corrected chi connectivity index (χ4v) is 3.03. The summed E-state index contributed by atoms with van der Waals surface area (Å²) < 4.78 is 28.7. The highest BCUT2D eigenvalue weighted by molar-refractivity contribution is 7.47. The molecule has 0 aliphatic heterocycles. The zero-order valence-corrected chi connectivity index (χ0v) is 20.8. The number of carbonyl (C=O) groups is 2. The first-order chi connectivity index (χ1) is 15.4. The van der Waals surface area contributed by atoms with Crippen molar-refractivity contribution < 1.29 is 32.8 Å². The van der Waals surface area contributed by atoms with E-state index in [0.717, 1.165) is 0 Å². The summed E-state index contributed by atoms with van der Waals surface area (Å²) in [6.07, 6.45) is 3.04. The Morgan fingerprint density at radius 3 is 2.09 bits per heavy atom. The Balaban J connectivity index is 1.85. The van der Waals surface area contributed by atoms with Gasteiger partial charge in [-0.3, -0.25) is 18.6 Å². The number of fused-ring (bicyclic) bond motifs is 1. The second-order valence-corrected chi connectivity index (χ2v) is 10.5. The molecular formula is C20H32N5O7P. The summed E-state index contributed by atoms with van der Waals surface area (Å²) in [7, 11) is -1.65. The standard InChI is InChI=1S/C20H32N5O7P/c1-19(2,3)17(26)29-11-31-33(32-12-30-18(27)20(4,5)6)13-28-8-7-25-10-24-14-15(21)22-9-23-16(14)25/h9-10H,7-8,11-13H2,1-6H3,(H2,21,22,23). The third kappa shape index (κ3) is 8.47. The normalized spacial score (nSPS) is 12.3. The number of nitrogens with zero attached hydrogens (tertiary/aromatic N) is 4. The van der Waals surface area contributed by atoms with Crippen LogP contribution in [0.5, 0.6) is 0 Å². The van der Waals surface area contributed by atoms with Gasteiger partial charge < -0.3 is 24.5 Å². The summed E-state index contributed by atoms with van der Waals surface area (Å²) in [5.41, 5.74) is 5.59. The van der Waals surface area contributed by atoms with E-state index < -0.39 is 31.1 Å². The summed E-state index contributed by atoms with van der Waals surface area (Å²) in [6, 6.07) is 0. The quantitative estimate of drug-likeness (QED) is 0.217. The predicted octanol–water partition coefficient (Wildman–Crippen LogP) is 2.82. The number of rotatable bonds is 11. The summed E-state index contributed by atoms with van der Waals surface area (Å²) in [5.74, 6) is -0.517. The third-order valence-corrected chi connectivity index (χ3v) is 5.28. The Labute approximate surface area is 194 Å². The molecule has 2 aromatic heterocycles. The second kappa shape index (κ2) is 11.6. The lowest BCUT2D eigenvalue weighted by Gasteiger charge is -2.21. The molecule has 13 heteroatoms. The van der Waals surface area contributed by atoms with Crippen molar-refractivity contribution in [3.63, 3.8) is 0 Å². The molecule has 0 aromatic carbocycles. The van der Waals surface area contributed by atoms with Crippen LogP contribution in [0.4, 0.5) is 5.82 Å². The first-order valence-corrected chi connectivity index (χ1v) is 11.6. The lowest BCUT2D eigenvalue weighted by Crippen LogP contribution is -2.24. The largest absolute Gasteiger partial charge is 0.438 e. The van der Waals surface area contributed by atoms with E-state index in [2.05, 4.69) is 15.0 Å². The minimum Gasteiger partial charge on any atom is -0.438 e. The molecule has 2 N–H and O–H groups in total. The van der Waals surface area contributed by atoms with Crippen LogP contribution in [0.15, 0.2) is 12.7 Å². The van der Waals surface area contributed by atoms with Crippen molar-refractivity contribution in [2.24, 2.45) is 10.8 Å². The molecule has 0 saturated carbocycles. The molecule has 0 unspecified atom stereocenters. The van der Waals surface area contributed by atoms with Gasteiger partial charge in [-0.2, -0.15) is 0 Å². The van der Waals surface area contributed by atoms with Gasteiger partial charge in [-0.05, 0) is 41.5 Å². The second-order valence-electron chi connectivity index (χ2n) is 9.10. The Kier molecular flexibility index (Phi) is 9.47. The fourth-order valence-electron chi connectivity index (χ4n) is 2.19. The molecule has 0 atom stereocenters. The highest BCUT2D eigenvalue weighted by Crippen LogP contribution is 2.38. The van der Waals surface area contributed by atoms with E-state index in [9.17, 15) is 9.59 Å². The van der Waals surface area contributed by atoms with E-state index >= 15 is 0 Å². The van der Waals surface area contributed by atoms with Crippen LogP contribution in [-0.4, -0.2) is 58.0 Å². The Morgan fingerprint density at radius 2 is 1.55 bits per heavy atom. The van der Waals surface area contributed by atoms with Gasteiger partial charge in [0.2, 0.25) is 8.38 Å². The molecule has 184 valence electrons. The summed E-state index contributed by atoms with van der Waals surface area (Å²) in [4.78, 5) is 36.1. The van der Waals surface area contributed by atoms with Crippen molar-refractivity contribution in [3.8, 4) is 0 Å². The molecule has 0 fully saturated rings. The summed E-state index contributed by atoms with van der Waals surface area (Å²) >= 11 is 0. The maximum Gasteiger partial charge on any atom is 0.313 e. The average molecular weight is 485 g/mol. The first kappa shape index (κ1) is 26.8. The maximum atomic E-state index is 11.9. The van der Waals surface area contributed by atoms with Crippen LogP contribution in [0.1, 0.15) is 41.5 Å². The van der Waals surface area contributed by atoms with Crippen molar-refractivity contribution in [1.82, 2.24) is 19.5 Å². The highest BCUT2D eigenvalue weighted by atomic mass is 31.2. The van der Waals surface area contributed by atoms with Gasteiger partial charge in [-0.25, -0.2) is 15.0 Å². The van der Waals surface area contributed by atoms with Crippen molar-refractivity contribution in [1.29, 1.82) is 0 Å². The number of nitrogens with two attached hydrogens (primary N) is 1. The Hall–Kier alpha value is -2.40. The Bertz CT molecular complexity index is 907. The van der Waals surface area contributed by atoms with Gasteiger partial charge in [0.05, 0.1) is 23.8 Å². The van der Waals surface area contributed by atoms with E-state index in [-0.39, 0.29) is 19.9 Å². The smallest absolute Gasteiger partial charge is 0.313 e. The number of anilines is 1. The van der Waals surface area contributed by atoms with E-state index in [1.54, 1.807) is 52.4 Å². The number of carbonyl (C=O) groups excluding carboxylic acids is 2. The SMILES string of the molecule is CC(C)(C)C(=O)OCOP(COCCn1cnc2c(N)ncnc21)OCOC(=O)C(C)(C)C. The van der Waals surface area contributed by atoms with E-state index in [1.807, 2.05) is 0 Å². The summed E-state index contributed by atoms with van der Waals surface area (Å²) in [5, 5.41) is 0. The average Bonchev–Trinajstić information content (AvgIpc) is 3.13. The molecule has 33 heavy (non-hydrogen) atoms. The van der Waals surface area contributed by atoms with Gasteiger partial charge in [0.1, 0.15) is 18.2 Å². The molecule has 12 nitrogen and oxygen atoms in total. The van der Waals surface area contributed by atoms with Crippen LogP contribution in [0, 0.1) is 10.8 Å². The number of hydrogen-bond donors (Lipinski definition) is 1. The van der Waals surface area contributed by atoms with Crippen molar-refractivity contribution in [2.45, 2.75) is 48.1 Å². The molecule has 2 heterocycles. The van der Waals surface area contributed by atoms with Crippen LogP contribution in [0.25, 0.3) is 11.2 Å². The van der Waals surface area contributed by atoms with Crippen molar-refractivity contribution >= 4 is 37.3 Å². The molecule has 2 rings (SSSR count). The van der Waals surface area contributed by atoms with Gasteiger partial charge in [0, 0.05) is 6.54 Å². The molecule has 0 spiro atoms. The minimum absolute atomic E-state index is 0.0687. The van der Waals surface area contributed by atoms with E-state index in [0.29, 0.717) is 30.1 Å². The lowest BCUT2D eigenvalue weighted by atomic mass is 9.98. The zero-order valence-electron chi connectivity index (χ0n) is 19.9. The van der Waals surface area contributed by atoms with Crippen LogP contribution in [0.3, 0.4) is 0 Å². The van der Waals surface area contributed by atoms with Crippen LogP contribution >= 0.6 is 8.38 Å². The number of imidazole rings is 1. The first-order valence-electron chi connectivity index (χ1n) is 10.3. The number of ether oxygens (including phenoxy) is 3. The molecule has 0 radical (unpaired) electrons. The lowest BCUT2D eigenvalue weighted by molar-refractivity contribution is -0.161. The maximum absolute atomic E-state index is 11.9. The number of nitrogen functional groups attached to an aromatic ring is 1. The van der Waals surface area contributed by atoms with Gasteiger partial charge >= 0.3 is 11.9 Å². The monoisotopic (exact) mass is 485 g/mol. The van der Waals surface area contributed by atoms with Crippen molar-refractivity contribution in [3.05, 3.63) is 12.7 Å². The topological polar surface area (TPSA) is 150 Å². The third-order valence-electron chi connectivity index (χ3n) is 4.10. The minimum atomic E-state index is -1.65. The number of aromatic nitrogens is 4. The molecule has 0 aliphatic carbocycles. The molecule has 0 saturated heterocycles. The van der Waals surface area contributed by atoms with Gasteiger partial charge in [-0.15, -0.1) is 0 Å². The van der Waals surface area contributed by atoms with Crippen molar-refractivity contribution in [2.75, 3.05) is 32.3 Å². The van der Waals surface area contributed by atoms with E-state index in [1.165, 1.54) is 6.33 Å². The number of hydrogen-bond acceptors (Lipinski definition) is 11. The zero-order chi connectivity index (χ0) is 24.6. The van der Waals surface area contributed by atoms with Crippen LogP contribution in [0.2, 0.25) is 0 Å². The predicted molar refractivity (Wildman–Crippen MR) is 120 cm³/mol. The van der Waals surface area contributed by atoms with Gasteiger partial charge in [0.25, 0.3) is 0 Å².